The average molecular weight is 214 g/mol. The van der Waals surface area contributed by atoms with Crippen molar-refractivity contribution in [2.24, 2.45) is 5.73 Å². The molecule has 1 saturated heterocycles. The summed E-state index contributed by atoms with van der Waals surface area (Å²) in [5, 5.41) is 0. The van der Waals surface area contributed by atoms with Gasteiger partial charge in [0.15, 0.2) is 0 Å². The summed E-state index contributed by atoms with van der Waals surface area (Å²) >= 11 is 0. The first-order valence-electron chi connectivity index (χ1n) is 5.50. The minimum Gasteiger partial charge on any atom is -0.372 e. The zero-order valence-corrected chi connectivity index (χ0v) is 10.1. The number of nitrogens with two attached hydrogens (primary N) is 1. The molecule has 1 aliphatic rings. The molecule has 0 aromatic rings. The molecule has 0 spiro atoms. The predicted octanol–water partition coefficient (Wildman–Crippen LogP) is 0.750. The molecule has 1 fully saturated rings. The van der Waals surface area contributed by atoms with E-state index in [0.29, 0.717) is 19.5 Å². The fourth-order valence-corrected chi connectivity index (χ4v) is 1.88. The van der Waals surface area contributed by atoms with E-state index in [1.165, 1.54) is 0 Å². The van der Waals surface area contributed by atoms with Gasteiger partial charge in [0.05, 0.1) is 12.2 Å². The fraction of sp³-hybridized carbons (Fsp3) is 0.909. The lowest BCUT2D eigenvalue weighted by Gasteiger charge is -2.36. The van der Waals surface area contributed by atoms with Gasteiger partial charge in [0.2, 0.25) is 5.91 Å². The smallest absolute Gasteiger partial charge is 0.224 e. The van der Waals surface area contributed by atoms with Gasteiger partial charge >= 0.3 is 0 Å². The van der Waals surface area contributed by atoms with E-state index in [9.17, 15) is 4.79 Å². The number of hydrogen-bond donors (Lipinski definition) is 1. The molecule has 4 heteroatoms. The first kappa shape index (κ1) is 12.5. The Bertz CT molecular complexity index is 225. The molecule has 0 aromatic heterocycles. The second-order valence-electron chi connectivity index (χ2n) is 5.22. The van der Waals surface area contributed by atoms with E-state index in [1.54, 1.807) is 0 Å². The Balaban J connectivity index is 2.52. The maximum Gasteiger partial charge on any atom is 0.224 e. The summed E-state index contributed by atoms with van der Waals surface area (Å²) in [6.45, 7) is 9.09. The first-order chi connectivity index (χ1) is 6.78. The third-order valence-electron chi connectivity index (χ3n) is 2.38. The lowest BCUT2D eigenvalue weighted by Crippen LogP contribution is -2.50. The summed E-state index contributed by atoms with van der Waals surface area (Å²) in [5.74, 6) is 0.129. The molecule has 0 aromatic carbocycles. The maximum absolute atomic E-state index is 11.9. The molecular formula is C11H22N2O2. The zero-order valence-electron chi connectivity index (χ0n) is 10.1. The molecule has 1 amide bonds. The van der Waals surface area contributed by atoms with Crippen molar-refractivity contribution in [2.75, 3.05) is 13.1 Å². The molecule has 1 rings (SSSR count). The summed E-state index contributed by atoms with van der Waals surface area (Å²) in [6, 6.07) is 0. The van der Waals surface area contributed by atoms with E-state index in [-0.39, 0.29) is 18.1 Å². The molecule has 1 aliphatic heterocycles. The highest BCUT2D eigenvalue weighted by Crippen LogP contribution is 2.14. The largest absolute Gasteiger partial charge is 0.372 e. The Labute approximate surface area is 91.8 Å². The minimum absolute atomic E-state index is 0.124. The summed E-state index contributed by atoms with van der Waals surface area (Å²) in [7, 11) is 0. The maximum atomic E-state index is 11.9. The van der Waals surface area contributed by atoms with Crippen molar-refractivity contribution in [3.05, 3.63) is 0 Å². The van der Waals surface area contributed by atoms with Gasteiger partial charge in [-0.1, -0.05) is 0 Å². The van der Waals surface area contributed by atoms with E-state index in [2.05, 4.69) is 0 Å². The number of ether oxygens (including phenoxy) is 1. The lowest BCUT2D eigenvalue weighted by molar-refractivity contribution is -0.144. The normalized spacial score (nSPS) is 27.9. The molecule has 0 bridgehead atoms. The molecular weight excluding hydrogens is 192 g/mol. The number of nitrogens with zero attached hydrogens (tertiary/aromatic N) is 1. The van der Waals surface area contributed by atoms with Crippen LogP contribution in [0, 0.1) is 0 Å². The predicted molar refractivity (Wildman–Crippen MR) is 59.5 cm³/mol. The third-order valence-corrected chi connectivity index (χ3v) is 2.38. The molecule has 0 aliphatic carbocycles. The Kier molecular flexibility index (Phi) is 3.73. The molecule has 0 unspecified atom stereocenters. The summed E-state index contributed by atoms with van der Waals surface area (Å²) in [5.41, 5.74) is 5.40. The second-order valence-corrected chi connectivity index (χ2v) is 5.22. The zero-order chi connectivity index (χ0) is 11.6. The number of rotatable bonds is 2. The van der Waals surface area contributed by atoms with Crippen LogP contribution in [-0.2, 0) is 9.53 Å². The highest BCUT2D eigenvalue weighted by atomic mass is 16.5. The van der Waals surface area contributed by atoms with Crippen LogP contribution in [0.25, 0.3) is 0 Å². The van der Waals surface area contributed by atoms with Gasteiger partial charge in [-0.15, -0.1) is 0 Å². The SMILES string of the molecule is C[C@@H]1CN(C(=O)CC(C)(C)N)C[C@H](C)O1. The highest BCUT2D eigenvalue weighted by molar-refractivity contribution is 5.77. The van der Waals surface area contributed by atoms with Crippen molar-refractivity contribution in [2.45, 2.75) is 51.9 Å². The quantitative estimate of drug-likeness (QED) is 0.738. The Morgan fingerprint density at radius 2 is 1.87 bits per heavy atom. The van der Waals surface area contributed by atoms with E-state index in [0.717, 1.165) is 0 Å². The van der Waals surface area contributed by atoms with E-state index >= 15 is 0 Å². The topological polar surface area (TPSA) is 55.6 Å². The number of morpholine rings is 1. The number of amides is 1. The van der Waals surface area contributed by atoms with Gasteiger partial charge in [0.1, 0.15) is 0 Å². The Hall–Kier alpha value is -0.610. The van der Waals surface area contributed by atoms with Crippen LogP contribution in [0.2, 0.25) is 0 Å². The molecule has 2 N–H and O–H groups in total. The monoisotopic (exact) mass is 214 g/mol. The minimum atomic E-state index is -0.429. The molecule has 0 saturated carbocycles. The molecule has 0 radical (unpaired) electrons. The second kappa shape index (κ2) is 4.49. The van der Waals surface area contributed by atoms with Gasteiger partial charge in [-0.05, 0) is 27.7 Å². The molecule has 88 valence electrons. The Morgan fingerprint density at radius 3 is 2.27 bits per heavy atom. The van der Waals surface area contributed by atoms with Crippen LogP contribution in [0.15, 0.2) is 0 Å². The van der Waals surface area contributed by atoms with Gasteiger partial charge < -0.3 is 15.4 Å². The van der Waals surface area contributed by atoms with Crippen molar-refractivity contribution < 1.29 is 9.53 Å². The van der Waals surface area contributed by atoms with Crippen molar-refractivity contribution in [1.29, 1.82) is 0 Å². The summed E-state index contributed by atoms with van der Waals surface area (Å²) in [6.07, 6.45) is 0.643. The Morgan fingerprint density at radius 1 is 1.40 bits per heavy atom. The van der Waals surface area contributed by atoms with Gasteiger partial charge in [0.25, 0.3) is 0 Å². The molecule has 2 atom stereocenters. The van der Waals surface area contributed by atoms with Crippen molar-refractivity contribution in [3.63, 3.8) is 0 Å². The van der Waals surface area contributed by atoms with Gasteiger partial charge in [-0.2, -0.15) is 0 Å². The van der Waals surface area contributed by atoms with Crippen molar-refractivity contribution >= 4 is 5.91 Å². The van der Waals surface area contributed by atoms with Crippen LogP contribution in [0.5, 0.6) is 0 Å². The molecule has 4 nitrogen and oxygen atoms in total. The van der Waals surface area contributed by atoms with Gasteiger partial charge in [-0.3, -0.25) is 4.79 Å². The van der Waals surface area contributed by atoms with Gasteiger partial charge in [-0.25, -0.2) is 0 Å². The van der Waals surface area contributed by atoms with Crippen molar-refractivity contribution in [3.8, 4) is 0 Å². The number of carbonyl (C=O) groups is 1. The lowest BCUT2D eigenvalue weighted by atomic mass is 10.0. The van der Waals surface area contributed by atoms with Crippen LogP contribution in [-0.4, -0.2) is 41.6 Å². The highest BCUT2D eigenvalue weighted by Gasteiger charge is 2.28. The van der Waals surface area contributed by atoms with Crippen LogP contribution in [0.1, 0.15) is 34.1 Å². The summed E-state index contributed by atoms with van der Waals surface area (Å²) in [4.78, 5) is 13.7. The van der Waals surface area contributed by atoms with Crippen LogP contribution in [0.4, 0.5) is 0 Å². The number of hydrogen-bond acceptors (Lipinski definition) is 3. The van der Waals surface area contributed by atoms with E-state index < -0.39 is 5.54 Å². The standard InChI is InChI=1S/C11H22N2O2/c1-8-6-13(7-9(2)15-8)10(14)5-11(3,4)12/h8-9H,5-7,12H2,1-4H3/t8-,9+. The third kappa shape index (κ3) is 4.18. The first-order valence-corrected chi connectivity index (χ1v) is 5.50. The molecule has 15 heavy (non-hydrogen) atoms. The average Bonchev–Trinajstić information content (AvgIpc) is 1.98. The molecule has 1 heterocycles. The fourth-order valence-electron chi connectivity index (χ4n) is 1.88. The van der Waals surface area contributed by atoms with E-state index in [1.807, 2.05) is 32.6 Å². The van der Waals surface area contributed by atoms with Crippen LogP contribution < -0.4 is 5.73 Å². The van der Waals surface area contributed by atoms with Gasteiger partial charge in [0, 0.05) is 25.0 Å². The van der Waals surface area contributed by atoms with Crippen molar-refractivity contribution in [1.82, 2.24) is 4.90 Å². The van der Waals surface area contributed by atoms with Crippen LogP contribution >= 0.6 is 0 Å². The number of carbonyl (C=O) groups excluding carboxylic acids is 1. The van der Waals surface area contributed by atoms with E-state index in [4.69, 9.17) is 10.5 Å². The van der Waals surface area contributed by atoms with Crippen LogP contribution in [0.3, 0.4) is 0 Å². The summed E-state index contributed by atoms with van der Waals surface area (Å²) < 4.78 is 5.57.